The van der Waals surface area contributed by atoms with Gasteiger partial charge in [0.2, 0.25) is 23.6 Å². The maximum Gasteiger partial charge on any atom is 0.246 e. The Morgan fingerprint density at radius 1 is 1.02 bits per heavy atom. The normalized spacial score (nSPS) is 26.5. The number of carbonyl (C=O) groups is 5. The molecule has 4 amide bonds. The van der Waals surface area contributed by atoms with Crippen LogP contribution in [0.3, 0.4) is 0 Å². The molecular formula is C32H50N6O6S2. The number of amides is 4. The summed E-state index contributed by atoms with van der Waals surface area (Å²) in [7, 11) is 0. The number of nitrogens with zero attached hydrogens (tertiary/aromatic N) is 1. The number of aromatic nitrogens is 1. The summed E-state index contributed by atoms with van der Waals surface area (Å²) in [5.41, 5.74) is 5.17. The zero-order valence-corrected chi connectivity index (χ0v) is 29.0. The average molecular weight is 679 g/mol. The van der Waals surface area contributed by atoms with Gasteiger partial charge in [0.15, 0.2) is 0 Å². The Hall–Kier alpha value is -2.68. The van der Waals surface area contributed by atoms with Crippen LogP contribution in [-0.4, -0.2) is 89.3 Å². The summed E-state index contributed by atoms with van der Waals surface area (Å²) in [4.78, 5) is 71.7. The molecule has 12 nitrogen and oxygen atoms in total. The fourth-order valence-electron chi connectivity index (χ4n) is 5.36. The second kappa shape index (κ2) is 18.0. The molecule has 1 spiro atoms. The molecule has 1 fully saturated rings. The first kappa shape index (κ1) is 37.8. The van der Waals surface area contributed by atoms with Crippen LogP contribution >= 0.6 is 23.5 Å². The molecule has 256 valence electrons. The summed E-state index contributed by atoms with van der Waals surface area (Å²) >= 11 is 3.00. The van der Waals surface area contributed by atoms with Crippen molar-refractivity contribution in [2.75, 3.05) is 31.3 Å². The molecule has 0 aliphatic carbocycles. The number of nitrogens with one attached hydrogen (secondary N) is 4. The Kier molecular flexibility index (Phi) is 14.8. The minimum Gasteiger partial charge on any atom is -0.381 e. The molecule has 6 N–H and O–H groups in total. The van der Waals surface area contributed by atoms with Crippen LogP contribution in [0.1, 0.15) is 71.2 Å². The minimum absolute atomic E-state index is 0.0359. The van der Waals surface area contributed by atoms with E-state index < -0.39 is 40.9 Å². The number of carbonyl (C=O) groups excluding carboxylic acids is 5. The van der Waals surface area contributed by atoms with E-state index in [-0.39, 0.29) is 49.3 Å². The first-order valence-corrected chi connectivity index (χ1v) is 18.4. The molecule has 0 saturated carbocycles. The summed E-state index contributed by atoms with van der Waals surface area (Å²) in [6, 6.07) is 3.80. The topological polar surface area (TPSA) is 182 Å². The third-order valence-corrected chi connectivity index (χ3v) is 10.7. The van der Waals surface area contributed by atoms with Crippen LogP contribution < -0.4 is 27.0 Å². The van der Waals surface area contributed by atoms with Crippen LogP contribution in [0.25, 0.3) is 0 Å². The fourth-order valence-corrected chi connectivity index (χ4v) is 7.30. The van der Waals surface area contributed by atoms with Crippen LogP contribution in [-0.2, 0) is 40.2 Å². The van der Waals surface area contributed by atoms with Gasteiger partial charge in [-0.05, 0) is 30.4 Å². The second-order valence-electron chi connectivity index (χ2n) is 12.7. The van der Waals surface area contributed by atoms with Gasteiger partial charge in [-0.15, -0.1) is 0 Å². The van der Waals surface area contributed by atoms with E-state index in [1.54, 1.807) is 11.8 Å². The third-order valence-electron chi connectivity index (χ3n) is 8.44. The highest BCUT2D eigenvalue weighted by Crippen LogP contribution is 2.24. The number of rotatable bonds is 6. The molecular weight excluding hydrogens is 629 g/mol. The summed E-state index contributed by atoms with van der Waals surface area (Å²) in [5.74, 6) is -0.137. The largest absolute Gasteiger partial charge is 0.381 e. The quantitative estimate of drug-likeness (QED) is 0.278. The van der Waals surface area contributed by atoms with E-state index in [0.29, 0.717) is 49.6 Å². The van der Waals surface area contributed by atoms with Crippen LogP contribution in [0.2, 0.25) is 0 Å². The van der Waals surface area contributed by atoms with Gasteiger partial charge in [-0.25, -0.2) is 0 Å². The van der Waals surface area contributed by atoms with E-state index in [1.807, 2.05) is 45.9 Å². The van der Waals surface area contributed by atoms with Crippen molar-refractivity contribution in [2.45, 2.75) is 94.5 Å². The zero-order chi connectivity index (χ0) is 33.7. The van der Waals surface area contributed by atoms with Crippen molar-refractivity contribution in [1.29, 1.82) is 0 Å². The summed E-state index contributed by atoms with van der Waals surface area (Å²) < 4.78 is 5.52. The summed E-state index contributed by atoms with van der Waals surface area (Å²) in [6.45, 7) is 8.08. The highest BCUT2D eigenvalue weighted by Gasteiger charge is 2.43. The predicted octanol–water partition coefficient (Wildman–Crippen LogP) is 1.69. The first-order valence-electron chi connectivity index (χ1n) is 16.0. The predicted molar refractivity (Wildman–Crippen MR) is 181 cm³/mol. The SMILES string of the molecule is CC[C@H](C)[C@@H]1NC(=O)[C@H](CC(C)C)NC(=O)C2(CCOCC2)NC(=O)CCSCc2cccc(n2)CSC[C@@](C=O)(CN)NC1=O. The Balaban J connectivity index is 1.96. The van der Waals surface area contributed by atoms with Gasteiger partial charge in [0.25, 0.3) is 0 Å². The number of hydrogen-bond donors (Lipinski definition) is 5. The molecule has 1 aromatic heterocycles. The molecule has 1 saturated heterocycles. The number of thioether (sulfide) groups is 2. The molecule has 2 aliphatic heterocycles. The molecule has 3 heterocycles. The van der Waals surface area contributed by atoms with Gasteiger partial charge in [-0.2, -0.15) is 23.5 Å². The average Bonchev–Trinajstić information content (AvgIpc) is 3.04. The van der Waals surface area contributed by atoms with E-state index in [0.717, 1.165) is 11.4 Å². The molecule has 4 atom stereocenters. The zero-order valence-electron chi connectivity index (χ0n) is 27.4. The van der Waals surface area contributed by atoms with Gasteiger partial charge < -0.3 is 36.5 Å². The minimum atomic E-state index is -1.35. The Bertz CT molecular complexity index is 1210. The van der Waals surface area contributed by atoms with E-state index in [9.17, 15) is 24.0 Å². The fraction of sp³-hybridized carbons (Fsp3) is 0.688. The van der Waals surface area contributed by atoms with Crippen molar-refractivity contribution >= 4 is 53.4 Å². The third kappa shape index (κ3) is 10.7. The number of pyridine rings is 1. The molecule has 3 rings (SSSR count). The van der Waals surface area contributed by atoms with E-state index in [1.165, 1.54) is 11.8 Å². The van der Waals surface area contributed by atoms with Crippen molar-refractivity contribution in [1.82, 2.24) is 26.3 Å². The molecule has 0 radical (unpaired) electrons. The smallest absolute Gasteiger partial charge is 0.246 e. The molecule has 2 bridgehead atoms. The molecule has 14 heteroatoms. The van der Waals surface area contributed by atoms with Crippen LogP contribution in [0.5, 0.6) is 0 Å². The Morgan fingerprint density at radius 2 is 1.70 bits per heavy atom. The van der Waals surface area contributed by atoms with E-state index in [2.05, 4.69) is 21.3 Å². The maximum atomic E-state index is 13.9. The van der Waals surface area contributed by atoms with E-state index >= 15 is 0 Å². The molecule has 1 aromatic rings. The first-order chi connectivity index (χ1) is 22.0. The molecule has 0 unspecified atom stereocenters. The second-order valence-corrected chi connectivity index (χ2v) is 14.7. The Labute approximate surface area is 280 Å². The maximum absolute atomic E-state index is 13.9. The number of aldehydes is 1. The molecule has 0 aromatic carbocycles. The van der Waals surface area contributed by atoms with E-state index in [4.69, 9.17) is 15.5 Å². The molecule has 2 aliphatic rings. The number of hydrogen-bond acceptors (Lipinski definition) is 10. The van der Waals surface area contributed by atoms with Gasteiger partial charge >= 0.3 is 0 Å². The van der Waals surface area contributed by atoms with Crippen molar-refractivity contribution in [3.63, 3.8) is 0 Å². The standard InChI is InChI=1S/C32H50N6O6S2/c1-5-22(4)27-29(42)38-31(18-33,19-39)20-46-17-24-8-6-7-23(34-24)16-45-14-9-26(40)37-32(10-12-44-13-11-32)30(43)35-25(15-21(2)3)28(41)36-27/h6-8,19,21-22,25,27H,5,9-18,20,33H2,1-4H3,(H,35,43)(H,36,41)(H,37,40)(H,38,42)/t22-,25-,27-,31-/m0/s1. The van der Waals surface area contributed by atoms with Gasteiger partial charge in [0, 0.05) is 62.0 Å². The summed E-state index contributed by atoms with van der Waals surface area (Å²) in [6.07, 6.45) is 2.30. The van der Waals surface area contributed by atoms with Gasteiger partial charge in [-0.3, -0.25) is 24.2 Å². The lowest BCUT2D eigenvalue weighted by molar-refractivity contribution is -0.140. The lowest BCUT2D eigenvalue weighted by atomic mass is 9.87. The highest BCUT2D eigenvalue weighted by molar-refractivity contribution is 7.98. The Morgan fingerprint density at radius 3 is 2.30 bits per heavy atom. The molecule has 46 heavy (non-hydrogen) atoms. The van der Waals surface area contributed by atoms with Crippen molar-refractivity contribution in [2.24, 2.45) is 17.6 Å². The van der Waals surface area contributed by atoms with Crippen LogP contribution in [0.4, 0.5) is 0 Å². The van der Waals surface area contributed by atoms with Crippen molar-refractivity contribution in [3.05, 3.63) is 29.6 Å². The van der Waals surface area contributed by atoms with Crippen LogP contribution in [0.15, 0.2) is 18.2 Å². The van der Waals surface area contributed by atoms with Gasteiger partial charge in [0.1, 0.15) is 29.4 Å². The monoisotopic (exact) mass is 678 g/mol. The lowest BCUT2D eigenvalue weighted by Gasteiger charge is -2.38. The lowest BCUT2D eigenvalue weighted by Crippen LogP contribution is -2.65. The summed E-state index contributed by atoms with van der Waals surface area (Å²) in [5, 5.41) is 11.6. The van der Waals surface area contributed by atoms with Crippen molar-refractivity contribution < 1.29 is 28.7 Å². The van der Waals surface area contributed by atoms with Gasteiger partial charge in [-0.1, -0.05) is 40.2 Å². The highest BCUT2D eigenvalue weighted by atomic mass is 32.2. The van der Waals surface area contributed by atoms with Gasteiger partial charge in [0.05, 0.1) is 11.4 Å². The number of ether oxygens (including phenoxy) is 1. The van der Waals surface area contributed by atoms with Crippen molar-refractivity contribution in [3.8, 4) is 0 Å². The number of nitrogens with two attached hydrogens (primary N) is 1. The van der Waals surface area contributed by atoms with Crippen LogP contribution in [0, 0.1) is 11.8 Å². The number of fused-ring (bicyclic) bond motifs is 2.